The van der Waals surface area contributed by atoms with Gasteiger partial charge in [0.05, 0.1) is 16.7 Å². The quantitative estimate of drug-likeness (QED) is 0.778. The molecule has 0 saturated heterocycles. The van der Waals surface area contributed by atoms with E-state index in [1.165, 1.54) is 6.33 Å². The molecule has 0 spiro atoms. The number of halogens is 1. The van der Waals surface area contributed by atoms with Crippen molar-refractivity contribution in [3.8, 4) is 0 Å². The van der Waals surface area contributed by atoms with Gasteiger partial charge < -0.3 is 0 Å². The van der Waals surface area contributed by atoms with Crippen LogP contribution in [0.3, 0.4) is 0 Å². The van der Waals surface area contributed by atoms with Gasteiger partial charge in [-0.3, -0.25) is 4.68 Å². The van der Waals surface area contributed by atoms with Gasteiger partial charge in [-0.25, -0.2) is 9.67 Å². The lowest BCUT2D eigenvalue weighted by Gasteiger charge is -1.98. The van der Waals surface area contributed by atoms with Crippen LogP contribution in [0.5, 0.6) is 0 Å². The number of aromatic nitrogens is 6. The SMILES string of the molecule is CC(Br)c1cn(Cc2ncnn2C)nn1. The fourth-order valence-corrected chi connectivity index (χ4v) is 1.39. The molecule has 0 saturated carbocycles. The van der Waals surface area contributed by atoms with Crippen molar-refractivity contribution in [2.45, 2.75) is 18.3 Å². The molecule has 0 amide bonds. The Kier molecular flexibility index (Phi) is 2.81. The van der Waals surface area contributed by atoms with E-state index in [4.69, 9.17) is 0 Å². The Balaban J connectivity index is 2.15. The van der Waals surface area contributed by atoms with Crippen LogP contribution in [0.25, 0.3) is 0 Å². The number of hydrogen-bond donors (Lipinski definition) is 0. The Bertz CT molecular complexity index is 445. The zero-order chi connectivity index (χ0) is 10.8. The van der Waals surface area contributed by atoms with Crippen LogP contribution in [0.15, 0.2) is 12.5 Å². The monoisotopic (exact) mass is 270 g/mol. The maximum atomic E-state index is 4.12. The van der Waals surface area contributed by atoms with E-state index in [0.29, 0.717) is 6.54 Å². The summed E-state index contributed by atoms with van der Waals surface area (Å²) < 4.78 is 3.47. The van der Waals surface area contributed by atoms with E-state index < -0.39 is 0 Å². The van der Waals surface area contributed by atoms with Gasteiger partial charge in [0.25, 0.3) is 0 Å². The smallest absolute Gasteiger partial charge is 0.148 e. The van der Waals surface area contributed by atoms with Gasteiger partial charge in [-0.1, -0.05) is 21.1 Å². The third kappa shape index (κ3) is 2.23. The fraction of sp³-hybridized carbons (Fsp3) is 0.500. The Hall–Kier alpha value is -1.24. The number of alkyl halides is 1. The van der Waals surface area contributed by atoms with Gasteiger partial charge in [0, 0.05) is 7.05 Å². The predicted octanol–water partition coefficient (Wildman–Crippen LogP) is 0.911. The van der Waals surface area contributed by atoms with Crippen molar-refractivity contribution in [1.82, 2.24) is 29.8 Å². The average Bonchev–Trinajstić information content (AvgIpc) is 2.77. The molecule has 15 heavy (non-hydrogen) atoms. The van der Waals surface area contributed by atoms with Crippen LogP contribution in [0.1, 0.15) is 23.3 Å². The summed E-state index contributed by atoms with van der Waals surface area (Å²) in [5, 5.41) is 12.0. The first-order valence-corrected chi connectivity index (χ1v) is 5.45. The van der Waals surface area contributed by atoms with Crippen molar-refractivity contribution in [2.75, 3.05) is 0 Å². The van der Waals surface area contributed by atoms with Gasteiger partial charge >= 0.3 is 0 Å². The molecule has 0 radical (unpaired) electrons. The zero-order valence-corrected chi connectivity index (χ0v) is 10.1. The second-order valence-electron chi connectivity index (χ2n) is 3.26. The van der Waals surface area contributed by atoms with Crippen molar-refractivity contribution in [1.29, 1.82) is 0 Å². The van der Waals surface area contributed by atoms with Gasteiger partial charge in [-0.15, -0.1) is 5.10 Å². The first-order chi connectivity index (χ1) is 7.16. The van der Waals surface area contributed by atoms with Crippen molar-refractivity contribution in [3.63, 3.8) is 0 Å². The predicted molar refractivity (Wildman–Crippen MR) is 57.5 cm³/mol. The summed E-state index contributed by atoms with van der Waals surface area (Å²) in [6.45, 7) is 2.60. The normalized spacial score (nSPS) is 13.0. The minimum atomic E-state index is 0.214. The topological polar surface area (TPSA) is 61.4 Å². The summed E-state index contributed by atoms with van der Waals surface area (Å²) in [5.41, 5.74) is 0.914. The van der Waals surface area contributed by atoms with E-state index in [9.17, 15) is 0 Å². The molecule has 0 aromatic carbocycles. The average molecular weight is 271 g/mol. The first kappa shape index (κ1) is 10.3. The van der Waals surface area contributed by atoms with Crippen LogP contribution in [0.2, 0.25) is 0 Å². The van der Waals surface area contributed by atoms with Gasteiger partial charge in [0.2, 0.25) is 0 Å². The van der Waals surface area contributed by atoms with Gasteiger partial charge in [-0.2, -0.15) is 5.10 Å². The summed E-state index contributed by atoms with van der Waals surface area (Å²) in [7, 11) is 1.85. The minimum absolute atomic E-state index is 0.214. The molecule has 2 aromatic heterocycles. The van der Waals surface area contributed by atoms with E-state index in [1.54, 1.807) is 9.36 Å². The molecule has 0 fully saturated rings. The van der Waals surface area contributed by atoms with Crippen LogP contribution in [0, 0.1) is 0 Å². The number of hydrogen-bond acceptors (Lipinski definition) is 4. The highest BCUT2D eigenvalue weighted by atomic mass is 79.9. The highest BCUT2D eigenvalue weighted by Crippen LogP contribution is 2.18. The highest BCUT2D eigenvalue weighted by molar-refractivity contribution is 9.09. The second-order valence-corrected chi connectivity index (χ2v) is 4.63. The third-order valence-corrected chi connectivity index (χ3v) is 2.54. The molecular weight excluding hydrogens is 260 g/mol. The molecule has 2 rings (SSSR count). The van der Waals surface area contributed by atoms with E-state index in [-0.39, 0.29) is 4.83 Å². The van der Waals surface area contributed by atoms with E-state index in [1.807, 2.05) is 20.2 Å². The summed E-state index contributed by atoms with van der Waals surface area (Å²) >= 11 is 3.44. The molecule has 0 bridgehead atoms. The lowest BCUT2D eigenvalue weighted by atomic mass is 10.4. The van der Waals surface area contributed by atoms with E-state index >= 15 is 0 Å². The maximum absolute atomic E-state index is 4.12. The van der Waals surface area contributed by atoms with E-state index in [2.05, 4.69) is 36.3 Å². The zero-order valence-electron chi connectivity index (χ0n) is 8.50. The molecule has 0 aliphatic heterocycles. The number of nitrogens with zero attached hydrogens (tertiary/aromatic N) is 6. The van der Waals surface area contributed by atoms with Crippen molar-refractivity contribution >= 4 is 15.9 Å². The summed E-state index contributed by atoms with van der Waals surface area (Å²) in [6.07, 6.45) is 3.42. The van der Waals surface area contributed by atoms with Crippen LogP contribution in [-0.4, -0.2) is 29.8 Å². The molecule has 1 atom stereocenters. The summed E-state index contributed by atoms with van der Waals surface area (Å²) in [5.74, 6) is 0.855. The Labute approximate surface area is 95.4 Å². The van der Waals surface area contributed by atoms with Crippen molar-refractivity contribution in [3.05, 3.63) is 24.0 Å². The molecule has 6 nitrogen and oxygen atoms in total. The lowest BCUT2D eigenvalue weighted by Crippen LogP contribution is -2.07. The fourth-order valence-electron chi connectivity index (χ4n) is 1.18. The Morgan fingerprint density at radius 3 is 2.87 bits per heavy atom. The maximum Gasteiger partial charge on any atom is 0.148 e. The second kappa shape index (κ2) is 4.09. The molecule has 2 aromatic rings. The Morgan fingerprint density at radius 1 is 1.53 bits per heavy atom. The van der Waals surface area contributed by atoms with Crippen LogP contribution in [-0.2, 0) is 13.6 Å². The van der Waals surface area contributed by atoms with Crippen molar-refractivity contribution < 1.29 is 0 Å². The molecule has 7 heteroatoms. The largest absolute Gasteiger partial charge is 0.251 e. The molecule has 0 aliphatic rings. The van der Waals surface area contributed by atoms with Crippen LogP contribution in [0.4, 0.5) is 0 Å². The molecule has 0 aliphatic carbocycles. The lowest BCUT2D eigenvalue weighted by molar-refractivity contribution is 0.589. The summed E-state index contributed by atoms with van der Waals surface area (Å²) in [4.78, 5) is 4.33. The number of aryl methyl sites for hydroxylation is 1. The highest BCUT2D eigenvalue weighted by Gasteiger charge is 2.08. The molecule has 1 unspecified atom stereocenters. The molecule has 2 heterocycles. The van der Waals surface area contributed by atoms with Crippen LogP contribution >= 0.6 is 15.9 Å². The third-order valence-electron chi connectivity index (χ3n) is 2.07. The Morgan fingerprint density at radius 2 is 2.33 bits per heavy atom. The van der Waals surface area contributed by atoms with Crippen LogP contribution < -0.4 is 0 Å². The molecule has 0 N–H and O–H groups in total. The number of rotatable bonds is 3. The van der Waals surface area contributed by atoms with Gasteiger partial charge in [0.1, 0.15) is 18.7 Å². The molecule has 80 valence electrons. The van der Waals surface area contributed by atoms with Crippen molar-refractivity contribution in [2.24, 2.45) is 7.05 Å². The van der Waals surface area contributed by atoms with Gasteiger partial charge in [-0.05, 0) is 6.92 Å². The summed E-state index contributed by atoms with van der Waals surface area (Å²) in [6, 6.07) is 0. The first-order valence-electron chi connectivity index (χ1n) is 4.54. The standard InChI is InChI=1S/C8H11BrN6/c1-6(9)7-3-15(13-12-7)4-8-10-5-11-14(8)2/h3,5-6H,4H2,1-2H3. The van der Waals surface area contributed by atoms with E-state index in [0.717, 1.165) is 11.5 Å². The molecular formula is C8H11BrN6. The van der Waals surface area contributed by atoms with Gasteiger partial charge in [0.15, 0.2) is 0 Å². The minimum Gasteiger partial charge on any atom is -0.251 e.